The molecule has 0 aromatic carbocycles. The quantitative estimate of drug-likeness (QED) is 0.0741. The molecule has 8 heteroatoms. The summed E-state index contributed by atoms with van der Waals surface area (Å²) in [6.45, 7) is 17.5. The van der Waals surface area contributed by atoms with Gasteiger partial charge in [-0.1, -0.05) is 65.5 Å². The van der Waals surface area contributed by atoms with Gasteiger partial charge < -0.3 is 34.5 Å². The van der Waals surface area contributed by atoms with Crippen molar-refractivity contribution in [3.05, 3.63) is 11.6 Å². The van der Waals surface area contributed by atoms with E-state index in [-0.39, 0.29) is 11.9 Å². The molecule has 8 nitrogen and oxygen atoms in total. The monoisotopic (exact) mass is 706 g/mol. The van der Waals surface area contributed by atoms with Gasteiger partial charge in [-0.25, -0.2) is 0 Å². The van der Waals surface area contributed by atoms with Crippen LogP contribution in [-0.4, -0.2) is 89.1 Å². The first kappa shape index (κ1) is 41.9. The number of nitrogens with two attached hydrogens (primary N) is 1. The Kier molecular flexibility index (Phi) is 17.7. The van der Waals surface area contributed by atoms with Crippen molar-refractivity contribution in [2.45, 2.75) is 137 Å². The van der Waals surface area contributed by atoms with Crippen LogP contribution in [0.1, 0.15) is 125 Å². The zero-order valence-corrected chi connectivity index (χ0v) is 32.6. The van der Waals surface area contributed by atoms with Crippen molar-refractivity contribution in [2.24, 2.45) is 52.1 Å². The standard InChI is InChI=1S/C42H75NO7/c1-31(2)8-6-9-32(3)36-13-14-37-35-12-11-33-30-34(15-18-41(33,4)38(35)16-19-42(36,37)5)50-21-7-10-39(44)40(45)17-22-46-24-26-48-28-29-49-27-25-47-23-20-43/h11,31-32,34-38,40,45H,6-10,12-30,43H2,1-5H3/t32-,34?,35+,36-,37+,38+,40?,41+,42-/m1/s1. The molecule has 0 aromatic rings. The summed E-state index contributed by atoms with van der Waals surface area (Å²) >= 11 is 0. The second kappa shape index (κ2) is 21.1. The van der Waals surface area contributed by atoms with E-state index in [4.69, 9.17) is 29.4 Å². The van der Waals surface area contributed by atoms with Crippen LogP contribution in [-0.2, 0) is 28.5 Å². The van der Waals surface area contributed by atoms with E-state index in [0.717, 1.165) is 48.3 Å². The second-order valence-electron chi connectivity index (χ2n) is 17.1. The third kappa shape index (κ3) is 11.6. The number of carbonyl (C=O) groups excluding carboxylic acids is 1. The normalized spacial score (nSPS) is 31.9. The maximum atomic E-state index is 12.5. The van der Waals surface area contributed by atoms with Gasteiger partial charge in [0.05, 0.1) is 52.4 Å². The fraction of sp³-hybridized carbons (Fsp3) is 0.929. The molecule has 0 radical (unpaired) electrons. The third-order valence-corrected chi connectivity index (χ3v) is 13.5. The van der Waals surface area contributed by atoms with Gasteiger partial charge in [0.1, 0.15) is 6.10 Å². The van der Waals surface area contributed by atoms with Gasteiger partial charge in [-0.05, 0) is 104 Å². The molecular weight excluding hydrogens is 630 g/mol. The zero-order valence-electron chi connectivity index (χ0n) is 32.6. The summed E-state index contributed by atoms with van der Waals surface area (Å²) in [4.78, 5) is 12.5. The van der Waals surface area contributed by atoms with Gasteiger partial charge in [0.25, 0.3) is 0 Å². The molecule has 2 unspecified atom stereocenters. The maximum absolute atomic E-state index is 12.5. The highest BCUT2D eigenvalue weighted by Gasteiger charge is 2.59. The van der Waals surface area contributed by atoms with Crippen molar-refractivity contribution >= 4 is 5.78 Å². The van der Waals surface area contributed by atoms with Crippen LogP contribution in [0.4, 0.5) is 0 Å². The topological polar surface area (TPSA) is 109 Å². The number of carbonyl (C=O) groups is 1. The lowest BCUT2D eigenvalue weighted by atomic mass is 9.47. The van der Waals surface area contributed by atoms with Crippen molar-refractivity contribution in [1.82, 2.24) is 0 Å². The highest BCUT2D eigenvalue weighted by atomic mass is 16.6. The highest BCUT2D eigenvalue weighted by molar-refractivity contribution is 5.82. The fourth-order valence-electron chi connectivity index (χ4n) is 10.7. The van der Waals surface area contributed by atoms with Crippen LogP contribution >= 0.6 is 0 Å². The first-order valence-electron chi connectivity index (χ1n) is 20.6. The first-order chi connectivity index (χ1) is 24.1. The summed E-state index contributed by atoms with van der Waals surface area (Å²) in [5.41, 5.74) is 7.88. The van der Waals surface area contributed by atoms with E-state index in [9.17, 15) is 9.90 Å². The van der Waals surface area contributed by atoms with Crippen LogP contribution in [0.3, 0.4) is 0 Å². The predicted octanol–water partition coefficient (Wildman–Crippen LogP) is 7.54. The lowest BCUT2D eigenvalue weighted by Crippen LogP contribution is -2.51. The average Bonchev–Trinajstić information content (AvgIpc) is 3.45. The Labute approximate surface area is 305 Å². The van der Waals surface area contributed by atoms with Gasteiger partial charge in [-0.2, -0.15) is 0 Å². The molecule has 0 aliphatic heterocycles. The molecule has 0 aromatic heterocycles. The molecular formula is C42H75NO7. The molecule has 0 saturated heterocycles. The van der Waals surface area contributed by atoms with Crippen LogP contribution in [0.5, 0.6) is 0 Å². The molecule has 3 fully saturated rings. The molecule has 0 spiro atoms. The van der Waals surface area contributed by atoms with E-state index in [1.807, 2.05) is 0 Å². The average molecular weight is 706 g/mol. The van der Waals surface area contributed by atoms with Crippen molar-refractivity contribution < 1.29 is 33.6 Å². The summed E-state index contributed by atoms with van der Waals surface area (Å²) < 4.78 is 28.0. The van der Waals surface area contributed by atoms with Crippen LogP contribution in [0.15, 0.2) is 11.6 Å². The molecule has 4 rings (SSSR count). The van der Waals surface area contributed by atoms with Crippen LogP contribution in [0.25, 0.3) is 0 Å². The van der Waals surface area contributed by atoms with Gasteiger partial charge in [0, 0.05) is 32.6 Å². The third-order valence-electron chi connectivity index (χ3n) is 13.5. The van der Waals surface area contributed by atoms with Crippen LogP contribution in [0.2, 0.25) is 0 Å². The number of ketones is 1. The molecule has 0 amide bonds. The lowest BCUT2D eigenvalue weighted by Gasteiger charge is -2.58. The Balaban J connectivity index is 1.08. The molecule has 9 atom stereocenters. The van der Waals surface area contributed by atoms with E-state index < -0.39 is 6.10 Å². The Bertz CT molecular complexity index is 1020. The van der Waals surface area contributed by atoms with Crippen molar-refractivity contribution in [2.75, 3.05) is 66.0 Å². The van der Waals surface area contributed by atoms with E-state index in [0.29, 0.717) is 96.1 Å². The molecule has 3 N–H and O–H groups in total. The van der Waals surface area contributed by atoms with Crippen LogP contribution < -0.4 is 5.73 Å². The summed E-state index contributed by atoms with van der Waals surface area (Å²) in [5.74, 6) is 5.03. The largest absolute Gasteiger partial charge is 0.385 e. The van der Waals surface area contributed by atoms with Gasteiger partial charge in [0.15, 0.2) is 5.78 Å². The van der Waals surface area contributed by atoms with Gasteiger partial charge in [-0.3, -0.25) is 4.79 Å². The SMILES string of the molecule is CC(C)CCC[C@@H](C)[C@H]1CC[C@H]2[C@@H]3CC=C4CC(OCCCC(=O)C(O)CCOCCOCCOCCOCCN)CC[C@]4(C)[C@H]3CC[C@]12C. The van der Waals surface area contributed by atoms with Crippen molar-refractivity contribution in [1.29, 1.82) is 0 Å². The molecule has 4 aliphatic carbocycles. The number of ether oxygens (including phenoxy) is 5. The Hall–Kier alpha value is -0.870. The number of Topliss-reactive ketones (excluding diaryl/α,β-unsaturated/α-hetero) is 1. The number of hydrogen-bond donors (Lipinski definition) is 2. The maximum Gasteiger partial charge on any atom is 0.161 e. The molecule has 3 saturated carbocycles. The number of fused-ring (bicyclic) bond motifs is 5. The number of allylic oxidation sites excluding steroid dienone is 1. The Morgan fingerprint density at radius 2 is 1.50 bits per heavy atom. The molecule has 50 heavy (non-hydrogen) atoms. The second-order valence-corrected chi connectivity index (χ2v) is 17.1. The number of aliphatic hydroxyl groups excluding tert-OH is 1. The highest BCUT2D eigenvalue weighted by Crippen LogP contribution is 2.67. The van der Waals surface area contributed by atoms with E-state index in [1.54, 1.807) is 5.57 Å². The zero-order chi connectivity index (χ0) is 36.0. The minimum Gasteiger partial charge on any atom is -0.385 e. The number of hydrogen-bond acceptors (Lipinski definition) is 8. The molecule has 0 heterocycles. The fourth-order valence-corrected chi connectivity index (χ4v) is 10.7. The first-order valence-corrected chi connectivity index (χ1v) is 20.6. The minimum absolute atomic E-state index is 0.123. The van der Waals surface area contributed by atoms with E-state index in [2.05, 4.69) is 40.7 Å². The molecule has 290 valence electrons. The molecule has 4 aliphatic rings. The minimum atomic E-state index is -0.984. The van der Waals surface area contributed by atoms with Crippen molar-refractivity contribution in [3.63, 3.8) is 0 Å². The Morgan fingerprint density at radius 1 is 0.820 bits per heavy atom. The van der Waals surface area contributed by atoms with Gasteiger partial charge in [-0.15, -0.1) is 0 Å². The summed E-state index contributed by atoms with van der Waals surface area (Å²) in [7, 11) is 0. The number of rotatable bonds is 25. The van der Waals surface area contributed by atoms with Gasteiger partial charge >= 0.3 is 0 Å². The van der Waals surface area contributed by atoms with Crippen LogP contribution in [0, 0.1) is 46.3 Å². The van der Waals surface area contributed by atoms with E-state index >= 15 is 0 Å². The van der Waals surface area contributed by atoms with E-state index in [1.165, 1.54) is 57.8 Å². The predicted molar refractivity (Wildman–Crippen MR) is 200 cm³/mol. The summed E-state index contributed by atoms with van der Waals surface area (Å²) in [5, 5.41) is 10.3. The van der Waals surface area contributed by atoms with Crippen molar-refractivity contribution in [3.8, 4) is 0 Å². The number of aliphatic hydroxyl groups is 1. The smallest absolute Gasteiger partial charge is 0.161 e. The summed E-state index contributed by atoms with van der Waals surface area (Å²) in [6.07, 6.45) is 17.8. The van der Waals surface area contributed by atoms with Gasteiger partial charge in [0.2, 0.25) is 0 Å². The lowest BCUT2D eigenvalue weighted by molar-refractivity contribution is -0.128. The Morgan fingerprint density at radius 3 is 2.18 bits per heavy atom. The molecule has 0 bridgehead atoms. The summed E-state index contributed by atoms with van der Waals surface area (Å²) in [6, 6.07) is 0.